The summed E-state index contributed by atoms with van der Waals surface area (Å²) in [5, 5.41) is 12.7. The van der Waals surface area contributed by atoms with Crippen molar-refractivity contribution in [3.63, 3.8) is 0 Å². The van der Waals surface area contributed by atoms with Crippen LogP contribution in [0.5, 0.6) is 0 Å². The molecular weight excluding hydrogens is 248 g/mol. The lowest BCUT2D eigenvalue weighted by Crippen LogP contribution is -2.36. The molecule has 114 valence electrons. The summed E-state index contributed by atoms with van der Waals surface area (Å²) < 4.78 is 0. The standard InChI is InChI=1S/C17H30N2O/c1-5-16(6-2)19(12-13-20)17-10-8-15(9-11-17)14(4)18-7-3/h8-11,14,16,18,20H,5-7,12-13H2,1-4H3. The monoisotopic (exact) mass is 278 g/mol. The fourth-order valence-electron chi connectivity index (χ4n) is 2.74. The summed E-state index contributed by atoms with van der Waals surface area (Å²) in [7, 11) is 0. The minimum Gasteiger partial charge on any atom is -0.395 e. The van der Waals surface area contributed by atoms with E-state index < -0.39 is 0 Å². The van der Waals surface area contributed by atoms with Crippen molar-refractivity contribution in [1.82, 2.24) is 5.32 Å². The SMILES string of the molecule is CCNC(C)c1ccc(N(CCO)C(CC)CC)cc1. The van der Waals surface area contributed by atoms with Gasteiger partial charge >= 0.3 is 0 Å². The lowest BCUT2D eigenvalue weighted by molar-refractivity contribution is 0.296. The van der Waals surface area contributed by atoms with E-state index in [-0.39, 0.29) is 6.61 Å². The first kappa shape index (κ1) is 17.0. The van der Waals surface area contributed by atoms with Crippen molar-refractivity contribution in [3.8, 4) is 0 Å². The summed E-state index contributed by atoms with van der Waals surface area (Å²) in [6.07, 6.45) is 2.21. The number of nitrogens with one attached hydrogen (secondary N) is 1. The first-order chi connectivity index (χ1) is 9.67. The molecule has 1 atom stereocenters. The van der Waals surface area contributed by atoms with E-state index in [1.807, 2.05) is 0 Å². The van der Waals surface area contributed by atoms with Crippen LogP contribution in [0.4, 0.5) is 5.69 Å². The summed E-state index contributed by atoms with van der Waals surface area (Å²) in [6, 6.07) is 9.62. The van der Waals surface area contributed by atoms with Crippen LogP contribution in [0.15, 0.2) is 24.3 Å². The molecule has 2 N–H and O–H groups in total. The van der Waals surface area contributed by atoms with Crippen LogP contribution in [0.25, 0.3) is 0 Å². The van der Waals surface area contributed by atoms with E-state index in [1.54, 1.807) is 0 Å². The average molecular weight is 278 g/mol. The van der Waals surface area contributed by atoms with Gasteiger partial charge < -0.3 is 15.3 Å². The zero-order valence-corrected chi connectivity index (χ0v) is 13.4. The predicted octanol–water partition coefficient (Wildman–Crippen LogP) is 3.34. The number of anilines is 1. The van der Waals surface area contributed by atoms with E-state index in [1.165, 1.54) is 11.3 Å². The van der Waals surface area contributed by atoms with Crippen molar-refractivity contribution in [1.29, 1.82) is 0 Å². The van der Waals surface area contributed by atoms with E-state index >= 15 is 0 Å². The van der Waals surface area contributed by atoms with E-state index in [0.29, 0.717) is 18.6 Å². The summed E-state index contributed by atoms with van der Waals surface area (Å²) >= 11 is 0. The maximum Gasteiger partial charge on any atom is 0.0606 e. The number of aliphatic hydroxyl groups excluding tert-OH is 1. The minimum absolute atomic E-state index is 0.200. The Kier molecular flexibility index (Phi) is 7.63. The normalized spacial score (nSPS) is 12.7. The molecule has 1 unspecified atom stereocenters. The van der Waals surface area contributed by atoms with Crippen LogP contribution in [0.2, 0.25) is 0 Å². The van der Waals surface area contributed by atoms with Crippen molar-refractivity contribution in [2.45, 2.75) is 52.6 Å². The highest BCUT2D eigenvalue weighted by molar-refractivity contribution is 5.49. The lowest BCUT2D eigenvalue weighted by Gasteiger charge is -2.32. The van der Waals surface area contributed by atoms with Gasteiger partial charge in [0.1, 0.15) is 0 Å². The molecule has 0 aliphatic heterocycles. The largest absolute Gasteiger partial charge is 0.395 e. The first-order valence-corrected chi connectivity index (χ1v) is 7.88. The van der Waals surface area contributed by atoms with E-state index in [9.17, 15) is 5.11 Å². The molecule has 0 amide bonds. The molecule has 0 spiro atoms. The molecule has 0 saturated heterocycles. The zero-order valence-electron chi connectivity index (χ0n) is 13.4. The molecule has 20 heavy (non-hydrogen) atoms. The lowest BCUT2D eigenvalue weighted by atomic mass is 10.1. The van der Waals surface area contributed by atoms with Gasteiger partial charge in [-0.1, -0.05) is 32.9 Å². The van der Waals surface area contributed by atoms with Crippen LogP contribution in [0.1, 0.15) is 52.1 Å². The fraction of sp³-hybridized carbons (Fsp3) is 0.647. The van der Waals surface area contributed by atoms with Gasteiger partial charge in [-0.25, -0.2) is 0 Å². The van der Waals surface area contributed by atoms with E-state index in [2.05, 4.69) is 62.2 Å². The van der Waals surface area contributed by atoms with Gasteiger partial charge in [0.05, 0.1) is 6.61 Å². The molecule has 0 aliphatic rings. The van der Waals surface area contributed by atoms with Gasteiger partial charge in [-0.2, -0.15) is 0 Å². The van der Waals surface area contributed by atoms with Gasteiger partial charge in [0, 0.05) is 24.3 Å². The van der Waals surface area contributed by atoms with Gasteiger partial charge in [0.15, 0.2) is 0 Å². The van der Waals surface area contributed by atoms with Gasteiger partial charge in [0.25, 0.3) is 0 Å². The highest BCUT2D eigenvalue weighted by Gasteiger charge is 2.15. The van der Waals surface area contributed by atoms with Crippen molar-refractivity contribution < 1.29 is 5.11 Å². The third-order valence-electron chi connectivity index (χ3n) is 3.96. The third-order valence-corrected chi connectivity index (χ3v) is 3.96. The van der Waals surface area contributed by atoms with Gasteiger partial charge in [-0.15, -0.1) is 0 Å². The predicted molar refractivity (Wildman–Crippen MR) is 87.3 cm³/mol. The zero-order chi connectivity index (χ0) is 15.0. The second-order valence-electron chi connectivity index (χ2n) is 5.26. The number of hydrogen-bond donors (Lipinski definition) is 2. The third kappa shape index (κ3) is 4.50. The maximum absolute atomic E-state index is 9.30. The number of hydrogen-bond acceptors (Lipinski definition) is 3. The Morgan fingerprint density at radius 3 is 2.15 bits per heavy atom. The van der Waals surface area contributed by atoms with Gasteiger partial charge in [0.2, 0.25) is 0 Å². The molecule has 0 aromatic heterocycles. The maximum atomic E-state index is 9.30. The Hall–Kier alpha value is -1.06. The quantitative estimate of drug-likeness (QED) is 0.727. The van der Waals surface area contributed by atoms with Crippen molar-refractivity contribution in [2.24, 2.45) is 0 Å². The molecule has 1 rings (SSSR count). The van der Waals surface area contributed by atoms with Crippen LogP contribution in [-0.4, -0.2) is 30.8 Å². The molecule has 1 aromatic rings. The number of benzene rings is 1. The Bertz CT molecular complexity index is 360. The molecule has 0 saturated carbocycles. The van der Waals surface area contributed by atoms with Crippen LogP contribution < -0.4 is 10.2 Å². The molecular formula is C17H30N2O. The van der Waals surface area contributed by atoms with Crippen LogP contribution in [-0.2, 0) is 0 Å². The topological polar surface area (TPSA) is 35.5 Å². The second kappa shape index (κ2) is 8.98. The molecule has 0 aliphatic carbocycles. The molecule has 0 heterocycles. The van der Waals surface area contributed by atoms with Crippen LogP contribution in [0.3, 0.4) is 0 Å². The summed E-state index contributed by atoms with van der Waals surface area (Å²) in [6.45, 7) is 10.6. The molecule has 1 aromatic carbocycles. The number of nitrogens with zero attached hydrogens (tertiary/aromatic N) is 1. The van der Waals surface area contributed by atoms with Crippen molar-refractivity contribution >= 4 is 5.69 Å². The Morgan fingerprint density at radius 1 is 1.10 bits per heavy atom. The molecule has 0 bridgehead atoms. The first-order valence-electron chi connectivity index (χ1n) is 7.88. The fourth-order valence-corrected chi connectivity index (χ4v) is 2.74. The Labute approximate surface area is 124 Å². The summed E-state index contributed by atoms with van der Waals surface area (Å²) in [5.74, 6) is 0. The molecule has 0 radical (unpaired) electrons. The molecule has 3 heteroatoms. The van der Waals surface area contributed by atoms with E-state index in [0.717, 1.165) is 19.4 Å². The van der Waals surface area contributed by atoms with Gasteiger partial charge in [-0.3, -0.25) is 0 Å². The van der Waals surface area contributed by atoms with E-state index in [4.69, 9.17) is 0 Å². The van der Waals surface area contributed by atoms with Crippen molar-refractivity contribution in [3.05, 3.63) is 29.8 Å². The minimum atomic E-state index is 0.200. The highest BCUT2D eigenvalue weighted by Crippen LogP contribution is 2.23. The Balaban J connectivity index is 2.87. The molecule has 3 nitrogen and oxygen atoms in total. The summed E-state index contributed by atoms with van der Waals surface area (Å²) in [5.41, 5.74) is 2.52. The van der Waals surface area contributed by atoms with Crippen LogP contribution in [0, 0.1) is 0 Å². The number of aliphatic hydroxyl groups is 1. The number of rotatable bonds is 9. The smallest absolute Gasteiger partial charge is 0.0606 e. The molecule has 0 fully saturated rings. The van der Waals surface area contributed by atoms with Gasteiger partial charge in [-0.05, 0) is 44.0 Å². The van der Waals surface area contributed by atoms with Crippen molar-refractivity contribution in [2.75, 3.05) is 24.6 Å². The Morgan fingerprint density at radius 2 is 1.70 bits per heavy atom. The second-order valence-corrected chi connectivity index (χ2v) is 5.26. The summed E-state index contributed by atoms with van der Waals surface area (Å²) in [4.78, 5) is 2.32. The highest BCUT2D eigenvalue weighted by atomic mass is 16.3. The average Bonchev–Trinajstić information content (AvgIpc) is 2.48. The van der Waals surface area contributed by atoms with Crippen LogP contribution >= 0.6 is 0 Å².